The van der Waals surface area contributed by atoms with Crippen LogP contribution in [0.4, 0.5) is 18.9 Å². The van der Waals surface area contributed by atoms with Gasteiger partial charge in [0.15, 0.2) is 0 Å². The van der Waals surface area contributed by atoms with Gasteiger partial charge in [-0.3, -0.25) is 4.79 Å². The molecule has 1 aliphatic heterocycles. The Hall–Kier alpha value is -2.80. The minimum Gasteiger partial charge on any atom is -0.378 e. The molecule has 0 bridgehead atoms. The molecule has 0 aliphatic carbocycles. The predicted octanol–water partition coefficient (Wildman–Crippen LogP) is 3.83. The van der Waals surface area contributed by atoms with Crippen molar-refractivity contribution in [3.8, 4) is 0 Å². The van der Waals surface area contributed by atoms with Gasteiger partial charge in [-0.25, -0.2) is 13.2 Å². The number of anilines is 1. The van der Waals surface area contributed by atoms with Gasteiger partial charge in [0.05, 0.1) is 24.9 Å². The van der Waals surface area contributed by atoms with Crippen molar-refractivity contribution in [2.45, 2.75) is 13.0 Å². The number of hydrogen-bond acceptors (Lipinski definition) is 3. The number of morpholine rings is 1. The molecule has 1 aliphatic rings. The molecule has 4 nitrogen and oxygen atoms in total. The molecular weight excluding hydrogens is 369 g/mol. The van der Waals surface area contributed by atoms with Gasteiger partial charge in [0.25, 0.3) is 0 Å². The van der Waals surface area contributed by atoms with Crippen molar-refractivity contribution in [2.75, 3.05) is 31.2 Å². The lowest BCUT2D eigenvalue weighted by atomic mass is 10.1. The van der Waals surface area contributed by atoms with Crippen molar-refractivity contribution in [3.63, 3.8) is 0 Å². The van der Waals surface area contributed by atoms with Crippen molar-refractivity contribution < 1.29 is 22.7 Å². The largest absolute Gasteiger partial charge is 0.378 e. The van der Waals surface area contributed by atoms with E-state index in [0.29, 0.717) is 32.0 Å². The molecule has 0 aromatic heterocycles. The van der Waals surface area contributed by atoms with E-state index in [0.717, 1.165) is 29.8 Å². The van der Waals surface area contributed by atoms with Crippen LogP contribution in [0.3, 0.4) is 0 Å². The summed E-state index contributed by atoms with van der Waals surface area (Å²) in [4.78, 5) is 14.0. The number of hydrogen-bond donors (Lipinski definition) is 1. The molecule has 0 saturated carbocycles. The highest BCUT2D eigenvalue weighted by molar-refractivity contribution is 5.92. The van der Waals surface area contributed by atoms with Gasteiger partial charge >= 0.3 is 0 Å². The zero-order chi connectivity index (χ0) is 20.1. The van der Waals surface area contributed by atoms with Crippen LogP contribution in [-0.2, 0) is 9.53 Å². The Morgan fingerprint density at radius 1 is 1.11 bits per heavy atom. The third kappa shape index (κ3) is 4.92. The highest BCUT2D eigenvalue weighted by Gasteiger charge is 2.17. The number of amides is 1. The molecule has 1 amide bonds. The summed E-state index contributed by atoms with van der Waals surface area (Å²) in [5.41, 5.74) is 1.19. The Kier molecular flexibility index (Phi) is 6.36. The van der Waals surface area contributed by atoms with E-state index in [-0.39, 0.29) is 11.4 Å². The summed E-state index contributed by atoms with van der Waals surface area (Å²) < 4.78 is 46.3. The standard InChI is InChI=1S/C21H21F3N2O2/c1-14(25-21(27)7-3-16-12-17(22)4-6-18(16)23)15-2-5-19(24)20(13-15)26-8-10-28-11-9-26/h2-7,12-14H,8-11H2,1H3,(H,25,27)/b7-3+. The first kappa shape index (κ1) is 19.9. The molecule has 0 radical (unpaired) electrons. The molecular formula is C21H21F3N2O2. The summed E-state index contributed by atoms with van der Waals surface area (Å²) in [6.45, 7) is 4.05. The van der Waals surface area contributed by atoms with Gasteiger partial charge in [0.1, 0.15) is 17.5 Å². The minimum atomic E-state index is -0.618. The van der Waals surface area contributed by atoms with E-state index in [4.69, 9.17) is 4.74 Å². The van der Waals surface area contributed by atoms with Crippen molar-refractivity contribution in [2.24, 2.45) is 0 Å². The van der Waals surface area contributed by atoms with Crippen LogP contribution in [-0.4, -0.2) is 32.2 Å². The van der Waals surface area contributed by atoms with E-state index in [1.54, 1.807) is 19.1 Å². The van der Waals surface area contributed by atoms with Crippen LogP contribution in [0.5, 0.6) is 0 Å². The average molecular weight is 390 g/mol. The maximum Gasteiger partial charge on any atom is 0.244 e. The quantitative estimate of drug-likeness (QED) is 0.789. The van der Waals surface area contributed by atoms with Crippen LogP contribution in [0, 0.1) is 17.5 Å². The molecule has 1 saturated heterocycles. The normalized spacial score (nSPS) is 15.6. The van der Waals surface area contributed by atoms with E-state index in [9.17, 15) is 18.0 Å². The Balaban J connectivity index is 1.68. The first-order valence-electron chi connectivity index (χ1n) is 9.00. The number of carbonyl (C=O) groups is 1. The number of carbonyl (C=O) groups excluding carboxylic acids is 1. The molecule has 1 N–H and O–H groups in total. The Bertz CT molecular complexity index is 880. The van der Waals surface area contributed by atoms with Crippen LogP contribution in [0.25, 0.3) is 6.08 Å². The lowest BCUT2D eigenvalue weighted by Gasteiger charge is -2.29. The van der Waals surface area contributed by atoms with Crippen LogP contribution in [0.15, 0.2) is 42.5 Å². The highest BCUT2D eigenvalue weighted by Crippen LogP contribution is 2.25. The second-order valence-corrected chi connectivity index (χ2v) is 6.54. The second-order valence-electron chi connectivity index (χ2n) is 6.54. The molecule has 1 heterocycles. The van der Waals surface area contributed by atoms with Gasteiger partial charge in [-0.1, -0.05) is 6.07 Å². The van der Waals surface area contributed by atoms with E-state index >= 15 is 0 Å². The molecule has 2 aromatic rings. The van der Waals surface area contributed by atoms with Crippen molar-refractivity contribution in [1.82, 2.24) is 5.32 Å². The topological polar surface area (TPSA) is 41.6 Å². The highest BCUT2D eigenvalue weighted by atomic mass is 19.1. The summed E-state index contributed by atoms with van der Waals surface area (Å²) >= 11 is 0. The molecule has 1 unspecified atom stereocenters. The molecule has 148 valence electrons. The molecule has 3 rings (SSSR count). The van der Waals surface area contributed by atoms with Gasteiger partial charge < -0.3 is 15.0 Å². The van der Waals surface area contributed by atoms with Gasteiger partial charge in [-0.15, -0.1) is 0 Å². The first-order valence-corrected chi connectivity index (χ1v) is 9.00. The fourth-order valence-electron chi connectivity index (χ4n) is 3.00. The van der Waals surface area contributed by atoms with Crippen LogP contribution in [0.1, 0.15) is 24.1 Å². The zero-order valence-electron chi connectivity index (χ0n) is 15.4. The van der Waals surface area contributed by atoms with Gasteiger partial charge in [0.2, 0.25) is 5.91 Å². The summed E-state index contributed by atoms with van der Waals surface area (Å²) in [5.74, 6) is -2.00. The number of rotatable bonds is 5. The third-order valence-electron chi connectivity index (χ3n) is 4.55. The van der Waals surface area contributed by atoms with Crippen molar-refractivity contribution >= 4 is 17.7 Å². The molecule has 2 aromatic carbocycles. The van der Waals surface area contributed by atoms with Crippen molar-refractivity contribution in [3.05, 3.63) is 71.1 Å². The molecule has 0 spiro atoms. The Morgan fingerprint density at radius 3 is 2.57 bits per heavy atom. The number of halogens is 3. The maximum absolute atomic E-state index is 14.2. The van der Waals surface area contributed by atoms with E-state index in [1.165, 1.54) is 12.1 Å². The average Bonchev–Trinajstić information content (AvgIpc) is 2.69. The number of ether oxygens (including phenoxy) is 1. The predicted molar refractivity (Wildman–Crippen MR) is 101 cm³/mol. The van der Waals surface area contributed by atoms with Gasteiger partial charge in [0, 0.05) is 24.7 Å². The van der Waals surface area contributed by atoms with Crippen LogP contribution < -0.4 is 10.2 Å². The Labute approximate surface area is 161 Å². The fraction of sp³-hybridized carbons (Fsp3) is 0.286. The SMILES string of the molecule is CC(NC(=O)/C=C/c1cc(F)ccc1F)c1ccc(F)c(N2CCOCC2)c1. The van der Waals surface area contributed by atoms with Gasteiger partial charge in [-0.2, -0.15) is 0 Å². The number of nitrogens with one attached hydrogen (secondary N) is 1. The van der Waals surface area contributed by atoms with E-state index < -0.39 is 23.6 Å². The van der Waals surface area contributed by atoms with Gasteiger partial charge in [-0.05, 0) is 48.9 Å². The molecule has 7 heteroatoms. The number of nitrogens with zero attached hydrogens (tertiary/aromatic N) is 1. The summed E-state index contributed by atoms with van der Waals surface area (Å²) in [6, 6.07) is 7.32. The number of benzene rings is 2. The lowest BCUT2D eigenvalue weighted by molar-refractivity contribution is -0.117. The van der Waals surface area contributed by atoms with Crippen LogP contribution in [0.2, 0.25) is 0 Å². The first-order chi connectivity index (χ1) is 13.4. The third-order valence-corrected chi connectivity index (χ3v) is 4.55. The summed E-state index contributed by atoms with van der Waals surface area (Å²) in [5, 5.41) is 2.74. The second kappa shape index (κ2) is 8.93. The maximum atomic E-state index is 14.2. The zero-order valence-corrected chi connectivity index (χ0v) is 15.4. The minimum absolute atomic E-state index is 0.0146. The molecule has 1 atom stereocenters. The Morgan fingerprint density at radius 2 is 1.82 bits per heavy atom. The van der Waals surface area contributed by atoms with Crippen LogP contribution >= 0.6 is 0 Å². The van der Waals surface area contributed by atoms with Crippen molar-refractivity contribution in [1.29, 1.82) is 0 Å². The molecule has 1 fully saturated rings. The summed E-state index contributed by atoms with van der Waals surface area (Å²) in [7, 11) is 0. The molecule has 28 heavy (non-hydrogen) atoms. The van der Waals surface area contributed by atoms with E-state index in [2.05, 4.69) is 5.32 Å². The fourth-order valence-corrected chi connectivity index (χ4v) is 3.00. The smallest absolute Gasteiger partial charge is 0.244 e. The van der Waals surface area contributed by atoms with E-state index in [1.807, 2.05) is 4.90 Å². The summed E-state index contributed by atoms with van der Waals surface area (Å²) in [6.07, 6.45) is 2.35. The lowest BCUT2D eigenvalue weighted by Crippen LogP contribution is -2.37. The monoisotopic (exact) mass is 390 g/mol.